The summed E-state index contributed by atoms with van der Waals surface area (Å²) in [5, 5.41) is 10.2. The standard InChI is InChI=1S/C16H14F2N2O/c1-20-13-8-3-2-7-12(13)19-15(20)9-14(21)10-5-4-6-11(17)16(10)18/h2-8,14,21H,9H2,1H3. The van der Waals surface area contributed by atoms with Crippen LogP contribution in [0.1, 0.15) is 17.5 Å². The largest absolute Gasteiger partial charge is 0.388 e. The van der Waals surface area contributed by atoms with E-state index in [9.17, 15) is 13.9 Å². The van der Waals surface area contributed by atoms with Crippen LogP contribution in [0.5, 0.6) is 0 Å². The number of hydrogen-bond acceptors (Lipinski definition) is 2. The highest BCUT2D eigenvalue weighted by atomic mass is 19.2. The van der Waals surface area contributed by atoms with Crippen LogP contribution in [-0.4, -0.2) is 14.7 Å². The molecule has 108 valence electrons. The maximum atomic E-state index is 13.7. The van der Waals surface area contributed by atoms with Crippen molar-refractivity contribution >= 4 is 11.0 Å². The van der Waals surface area contributed by atoms with E-state index in [1.54, 1.807) is 0 Å². The number of nitrogens with zero attached hydrogens (tertiary/aromatic N) is 2. The second-order valence-corrected chi connectivity index (χ2v) is 4.94. The van der Waals surface area contributed by atoms with Gasteiger partial charge in [0, 0.05) is 19.0 Å². The summed E-state index contributed by atoms with van der Waals surface area (Å²) in [4.78, 5) is 4.42. The van der Waals surface area contributed by atoms with E-state index < -0.39 is 17.7 Å². The first kappa shape index (κ1) is 13.7. The van der Waals surface area contributed by atoms with E-state index in [0.717, 1.165) is 17.1 Å². The molecular formula is C16H14F2N2O. The molecule has 1 atom stereocenters. The van der Waals surface area contributed by atoms with Crippen LogP contribution < -0.4 is 0 Å². The summed E-state index contributed by atoms with van der Waals surface area (Å²) in [6, 6.07) is 11.4. The van der Waals surface area contributed by atoms with Crippen molar-refractivity contribution in [3.63, 3.8) is 0 Å². The minimum absolute atomic E-state index is 0.0537. The maximum Gasteiger partial charge on any atom is 0.164 e. The summed E-state index contributed by atoms with van der Waals surface area (Å²) >= 11 is 0. The quantitative estimate of drug-likeness (QED) is 0.804. The molecule has 0 bridgehead atoms. The fourth-order valence-electron chi connectivity index (χ4n) is 2.44. The highest BCUT2D eigenvalue weighted by Gasteiger charge is 2.19. The molecule has 21 heavy (non-hydrogen) atoms. The van der Waals surface area contributed by atoms with E-state index >= 15 is 0 Å². The Bertz CT molecular complexity index is 798. The van der Waals surface area contributed by atoms with Crippen LogP contribution in [0.15, 0.2) is 42.5 Å². The molecule has 1 N–H and O–H groups in total. The minimum atomic E-state index is -1.14. The van der Waals surface area contributed by atoms with E-state index in [4.69, 9.17) is 0 Å². The van der Waals surface area contributed by atoms with Gasteiger partial charge >= 0.3 is 0 Å². The Morgan fingerprint density at radius 2 is 1.90 bits per heavy atom. The summed E-state index contributed by atoms with van der Waals surface area (Å²) < 4.78 is 28.8. The van der Waals surface area contributed by atoms with Crippen molar-refractivity contribution in [3.8, 4) is 0 Å². The lowest BCUT2D eigenvalue weighted by Crippen LogP contribution is -2.09. The average molecular weight is 288 g/mol. The summed E-state index contributed by atoms with van der Waals surface area (Å²) in [6.07, 6.45) is -1.03. The SMILES string of the molecule is Cn1c(CC(O)c2cccc(F)c2F)nc2ccccc21. The Morgan fingerprint density at radius 1 is 1.14 bits per heavy atom. The van der Waals surface area contributed by atoms with Gasteiger partial charge in [-0.2, -0.15) is 0 Å². The van der Waals surface area contributed by atoms with Crippen molar-refractivity contribution in [2.24, 2.45) is 7.05 Å². The van der Waals surface area contributed by atoms with Crippen molar-refractivity contribution in [3.05, 3.63) is 65.5 Å². The van der Waals surface area contributed by atoms with Crippen LogP contribution in [0, 0.1) is 11.6 Å². The predicted molar refractivity (Wildman–Crippen MR) is 75.7 cm³/mol. The number of aliphatic hydroxyl groups excluding tert-OH is 1. The molecule has 0 saturated carbocycles. The number of aliphatic hydroxyl groups is 1. The van der Waals surface area contributed by atoms with Crippen molar-refractivity contribution in [1.29, 1.82) is 0 Å². The fraction of sp³-hybridized carbons (Fsp3) is 0.188. The molecule has 0 aliphatic heterocycles. The molecule has 2 aromatic carbocycles. The number of fused-ring (bicyclic) bond motifs is 1. The predicted octanol–water partition coefficient (Wildman–Crippen LogP) is 3.13. The Kier molecular flexibility index (Phi) is 3.43. The van der Waals surface area contributed by atoms with Gasteiger partial charge < -0.3 is 9.67 Å². The number of hydrogen-bond donors (Lipinski definition) is 1. The lowest BCUT2D eigenvalue weighted by molar-refractivity contribution is 0.169. The van der Waals surface area contributed by atoms with Gasteiger partial charge in [-0.1, -0.05) is 24.3 Å². The molecule has 5 heteroatoms. The van der Waals surface area contributed by atoms with E-state index in [-0.39, 0.29) is 12.0 Å². The number of benzene rings is 2. The van der Waals surface area contributed by atoms with Crippen molar-refractivity contribution in [2.75, 3.05) is 0 Å². The smallest absolute Gasteiger partial charge is 0.164 e. The van der Waals surface area contributed by atoms with Gasteiger partial charge in [0.1, 0.15) is 5.82 Å². The molecule has 1 unspecified atom stereocenters. The Hall–Kier alpha value is -2.27. The minimum Gasteiger partial charge on any atom is -0.388 e. The van der Waals surface area contributed by atoms with Gasteiger partial charge in [0.25, 0.3) is 0 Å². The van der Waals surface area contributed by atoms with Crippen molar-refractivity contribution < 1.29 is 13.9 Å². The summed E-state index contributed by atoms with van der Waals surface area (Å²) in [5.74, 6) is -1.35. The number of imidazole rings is 1. The lowest BCUT2D eigenvalue weighted by atomic mass is 10.1. The third-order valence-electron chi connectivity index (χ3n) is 3.60. The van der Waals surface area contributed by atoms with E-state index in [1.165, 1.54) is 12.1 Å². The number of rotatable bonds is 3. The number of aryl methyl sites for hydroxylation is 1. The first-order valence-corrected chi connectivity index (χ1v) is 6.60. The van der Waals surface area contributed by atoms with Gasteiger partial charge in [0.15, 0.2) is 11.6 Å². The molecule has 3 nitrogen and oxygen atoms in total. The van der Waals surface area contributed by atoms with E-state index in [1.807, 2.05) is 35.9 Å². The monoisotopic (exact) mass is 288 g/mol. The zero-order valence-corrected chi connectivity index (χ0v) is 11.4. The maximum absolute atomic E-state index is 13.7. The zero-order chi connectivity index (χ0) is 15.0. The van der Waals surface area contributed by atoms with Crippen LogP contribution in [0.4, 0.5) is 8.78 Å². The summed E-state index contributed by atoms with van der Waals surface area (Å²) in [5.41, 5.74) is 1.68. The summed E-state index contributed by atoms with van der Waals surface area (Å²) in [6.45, 7) is 0. The second-order valence-electron chi connectivity index (χ2n) is 4.94. The fourth-order valence-corrected chi connectivity index (χ4v) is 2.44. The van der Waals surface area contributed by atoms with Gasteiger partial charge in [-0.3, -0.25) is 0 Å². The van der Waals surface area contributed by atoms with Gasteiger partial charge in [-0.15, -0.1) is 0 Å². The highest BCUT2D eigenvalue weighted by Crippen LogP contribution is 2.24. The molecule has 0 aliphatic rings. The Balaban J connectivity index is 1.94. The third-order valence-corrected chi connectivity index (χ3v) is 3.60. The zero-order valence-electron chi connectivity index (χ0n) is 11.4. The second kappa shape index (κ2) is 5.26. The van der Waals surface area contributed by atoms with Crippen molar-refractivity contribution in [1.82, 2.24) is 9.55 Å². The van der Waals surface area contributed by atoms with Crippen molar-refractivity contribution in [2.45, 2.75) is 12.5 Å². The normalized spacial score (nSPS) is 12.8. The molecule has 0 aliphatic carbocycles. The van der Waals surface area contributed by atoms with Crippen LogP contribution in [0.3, 0.4) is 0 Å². The highest BCUT2D eigenvalue weighted by molar-refractivity contribution is 5.75. The Morgan fingerprint density at radius 3 is 2.67 bits per heavy atom. The van der Waals surface area contributed by atoms with Gasteiger partial charge in [0.05, 0.1) is 17.1 Å². The van der Waals surface area contributed by atoms with Gasteiger partial charge in [-0.05, 0) is 18.2 Å². The molecule has 3 rings (SSSR count). The average Bonchev–Trinajstić information content (AvgIpc) is 2.79. The summed E-state index contributed by atoms with van der Waals surface area (Å²) in [7, 11) is 1.83. The molecule has 0 saturated heterocycles. The van der Waals surface area contributed by atoms with Gasteiger partial charge in [-0.25, -0.2) is 13.8 Å². The molecule has 0 spiro atoms. The number of para-hydroxylation sites is 2. The molecule has 0 radical (unpaired) electrons. The van der Waals surface area contributed by atoms with Crippen LogP contribution in [-0.2, 0) is 13.5 Å². The molecule has 1 heterocycles. The lowest BCUT2D eigenvalue weighted by Gasteiger charge is -2.12. The first-order valence-electron chi connectivity index (χ1n) is 6.60. The first-order chi connectivity index (χ1) is 10.1. The number of halogens is 2. The van der Waals surface area contributed by atoms with Crippen LogP contribution >= 0.6 is 0 Å². The molecule has 3 aromatic rings. The van der Waals surface area contributed by atoms with E-state index in [2.05, 4.69) is 4.98 Å². The number of aromatic nitrogens is 2. The molecule has 1 aromatic heterocycles. The molecule has 0 amide bonds. The van der Waals surface area contributed by atoms with E-state index in [0.29, 0.717) is 5.82 Å². The molecular weight excluding hydrogens is 274 g/mol. The molecule has 0 fully saturated rings. The van der Waals surface area contributed by atoms with Crippen LogP contribution in [0.25, 0.3) is 11.0 Å². The topological polar surface area (TPSA) is 38.0 Å². The van der Waals surface area contributed by atoms with Crippen LogP contribution in [0.2, 0.25) is 0 Å². The van der Waals surface area contributed by atoms with Gasteiger partial charge in [0.2, 0.25) is 0 Å². The third kappa shape index (κ3) is 2.40. The Labute approximate surface area is 120 Å².